The Bertz CT molecular complexity index is 363. The summed E-state index contributed by atoms with van der Waals surface area (Å²) in [4.78, 5) is 8.82. The molecule has 0 saturated carbocycles. The van der Waals surface area contributed by atoms with Gasteiger partial charge in [0.2, 0.25) is 0 Å². The van der Waals surface area contributed by atoms with Gasteiger partial charge in [-0.05, 0) is 6.92 Å². The lowest BCUT2D eigenvalue weighted by Gasteiger charge is -2.09. The Morgan fingerprint density at radius 1 is 1.43 bits per heavy atom. The summed E-state index contributed by atoms with van der Waals surface area (Å²) in [5.74, 6) is 1.17. The van der Waals surface area contributed by atoms with Crippen LogP contribution < -0.4 is 5.32 Å². The van der Waals surface area contributed by atoms with E-state index in [1.165, 1.54) is 0 Å². The Kier molecular flexibility index (Phi) is 2.45. The summed E-state index contributed by atoms with van der Waals surface area (Å²) >= 11 is 6.12. The van der Waals surface area contributed by atoms with Crippen molar-refractivity contribution in [2.24, 2.45) is 0 Å². The van der Waals surface area contributed by atoms with E-state index in [0.29, 0.717) is 11.1 Å². The predicted octanol–water partition coefficient (Wildman–Crippen LogP) is 2.42. The maximum absolute atomic E-state index is 6.12. The molecule has 0 amide bonds. The van der Waals surface area contributed by atoms with Crippen LogP contribution in [0.3, 0.4) is 0 Å². The van der Waals surface area contributed by atoms with E-state index in [1.807, 2.05) is 0 Å². The SMILES string of the molecule is CC(C)c1nc(Cl)c2c(n1)CNC2C. The van der Waals surface area contributed by atoms with E-state index in [9.17, 15) is 0 Å². The fraction of sp³-hybridized carbons (Fsp3) is 0.600. The maximum Gasteiger partial charge on any atom is 0.137 e. The fourth-order valence-corrected chi connectivity index (χ4v) is 2.04. The van der Waals surface area contributed by atoms with Gasteiger partial charge in [-0.1, -0.05) is 25.4 Å². The third kappa shape index (κ3) is 1.51. The zero-order chi connectivity index (χ0) is 10.3. The normalized spacial score (nSPS) is 20.2. The first-order chi connectivity index (χ1) is 6.59. The Balaban J connectivity index is 2.51. The van der Waals surface area contributed by atoms with Crippen molar-refractivity contribution in [3.63, 3.8) is 0 Å². The second kappa shape index (κ2) is 3.48. The van der Waals surface area contributed by atoms with Gasteiger partial charge in [-0.3, -0.25) is 0 Å². The first kappa shape index (κ1) is 9.87. The van der Waals surface area contributed by atoms with Gasteiger partial charge in [0.1, 0.15) is 11.0 Å². The molecular formula is C10H14ClN3. The van der Waals surface area contributed by atoms with Crippen LogP contribution in [0.15, 0.2) is 0 Å². The van der Waals surface area contributed by atoms with E-state index in [-0.39, 0.29) is 6.04 Å². The lowest BCUT2D eigenvalue weighted by Crippen LogP contribution is -2.07. The van der Waals surface area contributed by atoms with Crippen LogP contribution in [-0.4, -0.2) is 9.97 Å². The predicted molar refractivity (Wildman–Crippen MR) is 56.4 cm³/mol. The zero-order valence-electron chi connectivity index (χ0n) is 8.63. The molecule has 2 heterocycles. The molecule has 1 atom stereocenters. The number of aromatic nitrogens is 2. The van der Waals surface area contributed by atoms with E-state index in [0.717, 1.165) is 23.6 Å². The van der Waals surface area contributed by atoms with Crippen LogP contribution in [0.5, 0.6) is 0 Å². The van der Waals surface area contributed by atoms with Gasteiger partial charge < -0.3 is 5.32 Å². The van der Waals surface area contributed by atoms with Gasteiger partial charge in [-0.15, -0.1) is 0 Å². The molecule has 1 aliphatic heterocycles. The number of hydrogen-bond acceptors (Lipinski definition) is 3. The quantitative estimate of drug-likeness (QED) is 0.725. The highest BCUT2D eigenvalue weighted by atomic mass is 35.5. The van der Waals surface area contributed by atoms with Gasteiger partial charge in [0, 0.05) is 24.1 Å². The largest absolute Gasteiger partial charge is 0.304 e. The van der Waals surface area contributed by atoms with Crippen LogP contribution in [-0.2, 0) is 6.54 Å². The highest BCUT2D eigenvalue weighted by Crippen LogP contribution is 2.30. The highest BCUT2D eigenvalue weighted by Gasteiger charge is 2.24. The molecule has 1 unspecified atom stereocenters. The van der Waals surface area contributed by atoms with Crippen molar-refractivity contribution in [3.05, 3.63) is 22.2 Å². The van der Waals surface area contributed by atoms with Crippen LogP contribution in [0.25, 0.3) is 0 Å². The minimum absolute atomic E-state index is 0.277. The van der Waals surface area contributed by atoms with E-state index in [4.69, 9.17) is 11.6 Å². The number of rotatable bonds is 1. The third-order valence-electron chi connectivity index (χ3n) is 2.52. The van der Waals surface area contributed by atoms with Gasteiger partial charge in [0.25, 0.3) is 0 Å². The average Bonchev–Trinajstić information content (AvgIpc) is 2.48. The molecule has 0 radical (unpaired) electrons. The fourth-order valence-electron chi connectivity index (χ4n) is 1.68. The molecule has 0 fully saturated rings. The maximum atomic E-state index is 6.12. The van der Waals surface area contributed by atoms with Gasteiger partial charge in [0.15, 0.2) is 0 Å². The van der Waals surface area contributed by atoms with Crippen molar-refractivity contribution in [1.29, 1.82) is 0 Å². The number of fused-ring (bicyclic) bond motifs is 1. The standard InChI is InChI=1S/C10H14ClN3/c1-5(2)10-13-7-4-12-6(3)8(7)9(11)14-10/h5-6,12H,4H2,1-3H3. The van der Waals surface area contributed by atoms with E-state index < -0.39 is 0 Å². The molecule has 1 aromatic rings. The Labute approximate surface area is 88.9 Å². The topological polar surface area (TPSA) is 37.8 Å². The molecular weight excluding hydrogens is 198 g/mol. The van der Waals surface area contributed by atoms with Gasteiger partial charge in [-0.25, -0.2) is 9.97 Å². The minimum Gasteiger partial charge on any atom is -0.304 e. The van der Waals surface area contributed by atoms with Crippen molar-refractivity contribution < 1.29 is 0 Å². The van der Waals surface area contributed by atoms with Crippen LogP contribution >= 0.6 is 11.6 Å². The first-order valence-corrected chi connectivity index (χ1v) is 5.27. The van der Waals surface area contributed by atoms with Gasteiger partial charge in [-0.2, -0.15) is 0 Å². The molecule has 1 aromatic heterocycles. The molecule has 4 heteroatoms. The second-order valence-corrected chi connectivity index (χ2v) is 4.35. The molecule has 0 bridgehead atoms. The summed E-state index contributed by atoms with van der Waals surface area (Å²) in [6.45, 7) is 7.03. The van der Waals surface area contributed by atoms with E-state index in [1.54, 1.807) is 0 Å². The molecule has 0 saturated heterocycles. The highest BCUT2D eigenvalue weighted by molar-refractivity contribution is 6.30. The molecule has 0 aliphatic carbocycles. The second-order valence-electron chi connectivity index (χ2n) is 3.99. The monoisotopic (exact) mass is 211 g/mol. The molecule has 0 spiro atoms. The molecule has 1 N–H and O–H groups in total. The van der Waals surface area contributed by atoms with Crippen molar-refractivity contribution in [3.8, 4) is 0 Å². The minimum atomic E-state index is 0.277. The first-order valence-electron chi connectivity index (χ1n) is 4.89. The number of halogens is 1. The number of nitrogens with one attached hydrogen (secondary N) is 1. The van der Waals surface area contributed by atoms with Crippen molar-refractivity contribution >= 4 is 11.6 Å². The molecule has 76 valence electrons. The smallest absolute Gasteiger partial charge is 0.137 e. The molecule has 3 nitrogen and oxygen atoms in total. The summed E-state index contributed by atoms with van der Waals surface area (Å²) < 4.78 is 0. The Morgan fingerprint density at radius 2 is 2.14 bits per heavy atom. The summed E-state index contributed by atoms with van der Waals surface area (Å²) in [5, 5.41) is 3.91. The molecule has 1 aliphatic rings. The van der Waals surface area contributed by atoms with Gasteiger partial charge >= 0.3 is 0 Å². The summed E-state index contributed by atoms with van der Waals surface area (Å²) in [7, 11) is 0. The van der Waals surface area contributed by atoms with Crippen molar-refractivity contribution in [1.82, 2.24) is 15.3 Å². The summed E-state index contributed by atoms with van der Waals surface area (Å²) in [5.41, 5.74) is 2.12. The number of hydrogen-bond donors (Lipinski definition) is 1. The van der Waals surface area contributed by atoms with E-state index >= 15 is 0 Å². The molecule has 14 heavy (non-hydrogen) atoms. The van der Waals surface area contributed by atoms with E-state index in [2.05, 4.69) is 36.1 Å². The summed E-state index contributed by atoms with van der Waals surface area (Å²) in [6.07, 6.45) is 0. The van der Waals surface area contributed by atoms with Crippen molar-refractivity contribution in [2.45, 2.75) is 39.3 Å². The van der Waals surface area contributed by atoms with Crippen LogP contribution in [0.4, 0.5) is 0 Å². The third-order valence-corrected chi connectivity index (χ3v) is 2.81. The Hall–Kier alpha value is -0.670. The zero-order valence-corrected chi connectivity index (χ0v) is 9.39. The Morgan fingerprint density at radius 3 is 2.79 bits per heavy atom. The molecule has 2 rings (SSSR count). The summed E-state index contributed by atoms with van der Waals surface area (Å²) in [6, 6.07) is 0.277. The van der Waals surface area contributed by atoms with Crippen LogP contribution in [0.1, 0.15) is 49.8 Å². The van der Waals surface area contributed by atoms with Crippen molar-refractivity contribution in [2.75, 3.05) is 0 Å². The number of nitrogens with zero attached hydrogens (tertiary/aromatic N) is 2. The molecule has 0 aromatic carbocycles. The lowest BCUT2D eigenvalue weighted by atomic mass is 10.1. The van der Waals surface area contributed by atoms with Gasteiger partial charge in [0.05, 0.1) is 5.69 Å². The average molecular weight is 212 g/mol. The van der Waals surface area contributed by atoms with Crippen LogP contribution in [0.2, 0.25) is 5.15 Å². The van der Waals surface area contributed by atoms with Crippen LogP contribution in [0, 0.1) is 0 Å². The lowest BCUT2D eigenvalue weighted by molar-refractivity contribution is 0.631.